The zero-order chi connectivity index (χ0) is 12.4. The summed E-state index contributed by atoms with van der Waals surface area (Å²) in [4.78, 5) is 3.10. The van der Waals surface area contributed by atoms with Gasteiger partial charge in [-0.3, -0.25) is 0 Å². The summed E-state index contributed by atoms with van der Waals surface area (Å²) in [5.74, 6) is 0.575. The second-order valence-corrected chi connectivity index (χ2v) is 4.11. The molecule has 0 aliphatic carbocycles. The number of hydrogen-bond acceptors (Lipinski definition) is 1. The van der Waals surface area contributed by atoms with Gasteiger partial charge in [0, 0.05) is 22.7 Å². The third kappa shape index (κ3) is 2.07. The maximum Gasteiger partial charge on any atom is 0.123 e. The fraction of sp³-hybridized carbons (Fsp3) is 0.0667. The molecule has 3 heteroatoms. The van der Waals surface area contributed by atoms with Gasteiger partial charge in [0.1, 0.15) is 18.2 Å². The molecule has 2 aromatic carbocycles. The quantitative estimate of drug-likeness (QED) is 0.739. The molecule has 3 rings (SSSR count). The third-order valence-electron chi connectivity index (χ3n) is 2.87. The number of para-hydroxylation sites is 1. The van der Waals surface area contributed by atoms with Crippen LogP contribution in [0.2, 0.25) is 0 Å². The molecule has 0 unspecified atom stereocenters. The molecule has 1 heterocycles. The molecule has 0 fully saturated rings. The normalized spacial score (nSPS) is 10.7. The lowest BCUT2D eigenvalue weighted by Gasteiger charge is -2.04. The van der Waals surface area contributed by atoms with E-state index in [1.54, 1.807) is 6.07 Å². The highest BCUT2D eigenvalue weighted by Crippen LogP contribution is 2.21. The van der Waals surface area contributed by atoms with Crippen molar-refractivity contribution >= 4 is 10.9 Å². The van der Waals surface area contributed by atoms with Gasteiger partial charge in [0.05, 0.1) is 0 Å². The van der Waals surface area contributed by atoms with Crippen molar-refractivity contribution in [2.45, 2.75) is 6.61 Å². The number of H-pyrrole nitrogens is 1. The zero-order valence-corrected chi connectivity index (χ0v) is 9.69. The monoisotopic (exact) mass is 241 g/mol. The first-order chi connectivity index (χ1) is 8.83. The van der Waals surface area contributed by atoms with Crippen LogP contribution in [0.25, 0.3) is 10.9 Å². The third-order valence-corrected chi connectivity index (χ3v) is 2.87. The van der Waals surface area contributed by atoms with Gasteiger partial charge in [-0.05, 0) is 30.3 Å². The van der Waals surface area contributed by atoms with E-state index in [0.29, 0.717) is 6.61 Å². The molecule has 90 valence electrons. The van der Waals surface area contributed by atoms with E-state index in [2.05, 4.69) is 4.98 Å². The minimum absolute atomic E-state index is 0.233. The number of rotatable bonds is 3. The molecule has 0 radical (unpaired) electrons. The maximum atomic E-state index is 13.2. The second kappa shape index (κ2) is 4.53. The van der Waals surface area contributed by atoms with Crippen molar-refractivity contribution in [3.8, 4) is 5.75 Å². The number of aromatic nitrogens is 1. The first-order valence-electron chi connectivity index (χ1n) is 5.76. The van der Waals surface area contributed by atoms with Crippen LogP contribution >= 0.6 is 0 Å². The van der Waals surface area contributed by atoms with Gasteiger partial charge in [-0.15, -0.1) is 0 Å². The molecule has 0 saturated carbocycles. The topological polar surface area (TPSA) is 25.0 Å². The largest absolute Gasteiger partial charge is 0.489 e. The molecule has 0 amide bonds. The van der Waals surface area contributed by atoms with E-state index < -0.39 is 0 Å². The predicted molar refractivity (Wildman–Crippen MR) is 69.0 cm³/mol. The van der Waals surface area contributed by atoms with E-state index in [-0.39, 0.29) is 5.82 Å². The van der Waals surface area contributed by atoms with Gasteiger partial charge < -0.3 is 9.72 Å². The summed E-state index contributed by atoms with van der Waals surface area (Å²) < 4.78 is 18.9. The van der Waals surface area contributed by atoms with Crippen LogP contribution in [0.15, 0.2) is 54.7 Å². The lowest BCUT2D eigenvalue weighted by molar-refractivity contribution is 0.307. The molecule has 0 saturated heterocycles. The van der Waals surface area contributed by atoms with Crippen LogP contribution in [-0.2, 0) is 6.61 Å². The molecule has 1 aromatic heterocycles. The summed E-state index contributed by atoms with van der Waals surface area (Å²) in [5.41, 5.74) is 1.87. The first-order valence-corrected chi connectivity index (χ1v) is 5.76. The summed E-state index contributed by atoms with van der Waals surface area (Å²) >= 11 is 0. The number of nitrogens with one attached hydrogen (secondary N) is 1. The van der Waals surface area contributed by atoms with Crippen molar-refractivity contribution in [3.05, 3.63) is 66.1 Å². The average Bonchev–Trinajstić information content (AvgIpc) is 2.80. The van der Waals surface area contributed by atoms with Crippen LogP contribution in [0, 0.1) is 5.82 Å². The molecular formula is C15H12FNO. The second-order valence-electron chi connectivity index (χ2n) is 4.11. The fourth-order valence-electron chi connectivity index (χ4n) is 1.95. The Morgan fingerprint density at radius 1 is 1.06 bits per heavy atom. The summed E-state index contributed by atoms with van der Waals surface area (Å²) in [6, 6.07) is 14.3. The van der Waals surface area contributed by atoms with Gasteiger partial charge in [0.15, 0.2) is 0 Å². The predicted octanol–water partition coefficient (Wildman–Crippen LogP) is 3.89. The van der Waals surface area contributed by atoms with Gasteiger partial charge in [0.25, 0.3) is 0 Å². The molecule has 1 N–H and O–H groups in total. The van der Waals surface area contributed by atoms with Gasteiger partial charge in [-0.25, -0.2) is 4.39 Å². The lowest BCUT2D eigenvalue weighted by atomic mass is 10.2. The highest BCUT2D eigenvalue weighted by atomic mass is 19.1. The van der Waals surface area contributed by atoms with E-state index in [1.165, 1.54) is 12.1 Å². The number of hydrogen-bond donors (Lipinski definition) is 1. The van der Waals surface area contributed by atoms with Crippen LogP contribution in [0.1, 0.15) is 5.56 Å². The number of aromatic amines is 1. The van der Waals surface area contributed by atoms with Crippen molar-refractivity contribution < 1.29 is 9.13 Å². The highest BCUT2D eigenvalue weighted by molar-refractivity contribution is 5.83. The van der Waals surface area contributed by atoms with E-state index in [9.17, 15) is 4.39 Å². The zero-order valence-electron chi connectivity index (χ0n) is 9.69. The Bertz CT molecular complexity index is 661. The molecule has 18 heavy (non-hydrogen) atoms. The Hall–Kier alpha value is -2.29. The summed E-state index contributed by atoms with van der Waals surface area (Å²) in [5, 5.41) is 0.867. The van der Waals surface area contributed by atoms with Crippen molar-refractivity contribution in [3.63, 3.8) is 0 Å². The highest BCUT2D eigenvalue weighted by Gasteiger charge is 2.05. The van der Waals surface area contributed by atoms with E-state index in [0.717, 1.165) is 22.2 Å². The summed E-state index contributed by atoms with van der Waals surface area (Å²) in [6.07, 6.45) is 1.85. The van der Waals surface area contributed by atoms with Crippen molar-refractivity contribution in [1.82, 2.24) is 4.98 Å². The van der Waals surface area contributed by atoms with Gasteiger partial charge >= 0.3 is 0 Å². The van der Waals surface area contributed by atoms with Crippen LogP contribution in [0.4, 0.5) is 4.39 Å². The smallest absolute Gasteiger partial charge is 0.123 e. The average molecular weight is 241 g/mol. The van der Waals surface area contributed by atoms with E-state index >= 15 is 0 Å². The Labute approximate surface area is 104 Å². The van der Waals surface area contributed by atoms with E-state index in [1.807, 2.05) is 36.5 Å². The number of benzene rings is 2. The molecule has 0 spiro atoms. The molecule has 3 aromatic rings. The van der Waals surface area contributed by atoms with Crippen molar-refractivity contribution in [2.75, 3.05) is 0 Å². The maximum absolute atomic E-state index is 13.2. The van der Waals surface area contributed by atoms with Gasteiger partial charge in [0.2, 0.25) is 0 Å². The number of halogens is 1. The molecule has 0 aliphatic heterocycles. The Morgan fingerprint density at radius 3 is 2.72 bits per heavy atom. The van der Waals surface area contributed by atoms with Crippen LogP contribution in [0.5, 0.6) is 5.75 Å². The Balaban J connectivity index is 1.85. The molecular weight excluding hydrogens is 229 g/mol. The van der Waals surface area contributed by atoms with Gasteiger partial charge in [-0.1, -0.05) is 18.2 Å². The Kier molecular flexibility index (Phi) is 2.73. The SMILES string of the molecule is Fc1ccc2[nH]cc(COc3ccccc3)c2c1. The fourth-order valence-corrected chi connectivity index (χ4v) is 1.95. The lowest BCUT2D eigenvalue weighted by Crippen LogP contribution is -1.94. The first kappa shape index (κ1) is 10.8. The van der Waals surface area contributed by atoms with Crippen molar-refractivity contribution in [2.24, 2.45) is 0 Å². The Morgan fingerprint density at radius 2 is 1.89 bits per heavy atom. The minimum Gasteiger partial charge on any atom is -0.489 e. The van der Waals surface area contributed by atoms with Gasteiger partial charge in [-0.2, -0.15) is 0 Å². The number of ether oxygens (including phenoxy) is 1. The molecule has 0 atom stereocenters. The standard InChI is InChI=1S/C15H12FNO/c16-12-6-7-15-14(8-12)11(9-17-15)10-18-13-4-2-1-3-5-13/h1-9,17H,10H2. The minimum atomic E-state index is -0.233. The summed E-state index contributed by atoms with van der Waals surface area (Å²) in [7, 11) is 0. The van der Waals surface area contributed by atoms with Crippen LogP contribution in [-0.4, -0.2) is 4.98 Å². The summed E-state index contributed by atoms with van der Waals surface area (Å²) in [6.45, 7) is 0.424. The van der Waals surface area contributed by atoms with Crippen molar-refractivity contribution in [1.29, 1.82) is 0 Å². The number of fused-ring (bicyclic) bond motifs is 1. The molecule has 0 aliphatic rings. The molecule has 2 nitrogen and oxygen atoms in total. The van der Waals surface area contributed by atoms with Crippen LogP contribution in [0.3, 0.4) is 0 Å². The van der Waals surface area contributed by atoms with Crippen LogP contribution < -0.4 is 4.74 Å². The molecule has 0 bridgehead atoms. The van der Waals surface area contributed by atoms with E-state index in [4.69, 9.17) is 4.74 Å².